The first kappa shape index (κ1) is 25.3. The highest BCUT2D eigenvalue weighted by atomic mass is 35.5. The third kappa shape index (κ3) is 6.36. The summed E-state index contributed by atoms with van der Waals surface area (Å²) in [5.41, 5.74) is 1.78. The maximum absolute atomic E-state index is 13.3. The lowest BCUT2D eigenvalue weighted by Gasteiger charge is -2.30. The molecule has 0 aliphatic carbocycles. The molecule has 0 spiro atoms. The van der Waals surface area contributed by atoms with Crippen LogP contribution in [0.4, 0.5) is 11.4 Å². The van der Waals surface area contributed by atoms with E-state index in [0.717, 1.165) is 16.1 Å². The molecule has 0 unspecified atom stereocenters. The van der Waals surface area contributed by atoms with Crippen molar-refractivity contribution in [2.45, 2.75) is 25.9 Å². The van der Waals surface area contributed by atoms with Gasteiger partial charge in [-0.05, 0) is 42.3 Å². The van der Waals surface area contributed by atoms with Gasteiger partial charge in [0.25, 0.3) is 5.91 Å². The Morgan fingerprint density at radius 3 is 2.29 bits per heavy atom. The van der Waals surface area contributed by atoms with Gasteiger partial charge >= 0.3 is 0 Å². The molecule has 3 rings (SSSR count). The van der Waals surface area contributed by atoms with E-state index in [1.54, 1.807) is 49.4 Å². The standard InChI is InChI=1S/C25H26ClN3O4S/c1-3-23(29(34(2,32)33)20-13-9-12-19(26)16-20)25(31)28-22-15-8-7-14-21(22)24(30)27-17-18-10-5-4-6-11-18/h4-16,23H,3,17H2,1-2H3,(H,27,30)(H,28,31)/t23-/m1/s1. The van der Waals surface area contributed by atoms with Crippen LogP contribution in [0.5, 0.6) is 0 Å². The molecule has 0 bridgehead atoms. The average molecular weight is 500 g/mol. The van der Waals surface area contributed by atoms with Crippen LogP contribution >= 0.6 is 11.6 Å². The highest BCUT2D eigenvalue weighted by molar-refractivity contribution is 7.92. The van der Waals surface area contributed by atoms with E-state index in [1.807, 2.05) is 30.3 Å². The number of hydrogen-bond acceptors (Lipinski definition) is 4. The van der Waals surface area contributed by atoms with E-state index < -0.39 is 22.0 Å². The number of benzene rings is 3. The molecule has 0 fully saturated rings. The summed E-state index contributed by atoms with van der Waals surface area (Å²) >= 11 is 6.06. The molecule has 2 N–H and O–H groups in total. The van der Waals surface area contributed by atoms with Crippen LogP contribution in [-0.2, 0) is 21.4 Å². The molecule has 7 nitrogen and oxygen atoms in total. The fourth-order valence-corrected chi connectivity index (χ4v) is 4.94. The van der Waals surface area contributed by atoms with Crippen molar-refractivity contribution in [3.05, 3.63) is 95.0 Å². The fraction of sp³-hybridized carbons (Fsp3) is 0.200. The molecular weight excluding hydrogens is 474 g/mol. The van der Waals surface area contributed by atoms with Crippen LogP contribution < -0.4 is 14.9 Å². The SMILES string of the molecule is CC[C@H](C(=O)Nc1ccccc1C(=O)NCc1ccccc1)N(c1cccc(Cl)c1)S(C)(=O)=O. The van der Waals surface area contributed by atoms with Crippen molar-refractivity contribution < 1.29 is 18.0 Å². The third-order valence-corrected chi connectivity index (χ3v) is 6.53. The molecule has 0 aromatic heterocycles. The number of nitrogens with one attached hydrogen (secondary N) is 2. The lowest BCUT2D eigenvalue weighted by atomic mass is 10.1. The lowest BCUT2D eigenvalue weighted by Crippen LogP contribution is -2.47. The largest absolute Gasteiger partial charge is 0.348 e. The van der Waals surface area contributed by atoms with Gasteiger partial charge in [-0.25, -0.2) is 8.42 Å². The van der Waals surface area contributed by atoms with E-state index in [2.05, 4.69) is 10.6 Å². The molecule has 9 heteroatoms. The second kappa shape index (κ2) is 11.2. The van der Waals surface area contributed by atoms with Gasteiger partial charge in [-0.3, -0.25) is 13.9 Å². The molecule has 0 saturated heterocycles. The van der Waals surface area contributed by atoms with Crippen LogP contribution in [0.15, 0.2) is 78.9 Å². The van der Waals surface area contributed by atoms with E-state index >= 15 is 0 Å². The maximum atomic E-state index is 13.3. The molecule has 1 atom stereocenters. The van der Waals surface area contributed by atoms with Crippen molar-refractivity contribution in [1.29, 1.82) is 0 Å². The van der Waals surface area contributed by atoms with Crippen LogP contribution in [0.3, 0.4) is 0 Å². The van der Waals surface area contributed by atoms with Crippen molar-refractivity contribution in [3.8, 4) is 0 Å². The van der Waals surface area contributed by atoms with Crippen molar-refractivity contribution >= 4 is 44.8 Å². The molecule has 0 aliphatic heterocycles. The molecule has 178 valence electrons. The predicted molar refractivity (Wildman–Crippen MR) is 136 cm³/mol. The van der Waals surface area contributed by atoms with E-state index in [9.17, 15) is 18.0 Å². The number of rotatable bonds is 9. The molecule has 2 amide bonds. The predicted octanol–water partition coefficient (Wildman–Crippen LogP) is 4.45. The molecule has 3 aromatic rings. The van der Waals surface area contributed by atoms with Gasteiger partial charge in [-0.15, -0.1) is 0 Å². The summed E-state index contributed by atoms with van der Waals surface area (Å²) in [5.74, 6) is -0.918. The van der Waals surface area contributed by atoms with Crippen LogP contribution in [0.2, 0.25) is 5.02 Å². The van der Waals surface area contributed by atoms with Gasteiger partial charge in [-0.1, -0.05) is 67.1 Å². The van der Waals surface area contributed by atoms with Gasteiger partial charge in [0, 0.05) is 11.6 Å². The highest BCUT2D eigenvalue weighted by Crippen LogP contribution is 2.26. The number of para-hydroxylation sites is 1. The monoisotopic (exact) mass is 499 g/mol. The minimum Gasteiger partial charge on any atom is -0.348 e. The topological polar surface area (TPSA) is 95.6 Å². The zero-order valence-electron chi connectivity index (χ0n) is 18.9. The van der Waals surface area contributed by atoms with Crippen molar-refractivity contribution in [3.63, 3.8) is 0 Å². The van der Waals surface area contributed by atoms with Gasteiger partial charge in [0.05, 0.1) is 23.2 Å². The summed E-state index contributed by atoms with van der Waals surface area (Å²) in [6.07, 6.45) is 1.24. The molecule has 3 aromatic carbocycles. The molecular formula is C25H26ClN3O4S. The third-order valence-electron chi connectivity index (χ3n) is 5.12. The van der Waals surface area contributed by atoms with Crippen molar-refractivity contribution in [1.82, 2.24) is 5.32 Å². The molecule has 0 heterocycles. The Labute approximate surface area is 204 Å². The zero-order valence-corrected chi connectivity index (χ0v) is 20.4. The minimum absolute atomic E-state index is 0.202. The Kier molecular flexibility index (Phi) is 8.31. The lowest BCUT2D eigenvalue weighted by molar-refractivity contribution is -0.117. The summed E-state index contributed by atoms with van der Waals surface area (Å²) in [6.45, 7) is 2.04. The number of halogens is 1. The Hall–Kier alpha value is -3.36. The first-order valence-corrected chi connectivity index (χ1v) is 12.9. The summed E-state index contributed by atoms with van der Waals surface area (Å²) in [4.78, 5) is 26.1. The number of amides is 2. The van der Waals surface area contributed by atoms with E-state index in [0.29, 0.717) is 11.6 Å². The Balaban J connectivity index is 1.84. The van der Waals surface area contributed by atoms with Crippen LogP contribution in [0.1, 0.15) is 29.3 Å². The van der Waals surface area contributed by atoms with Gasteiger partial charge < -0.3 is 10.6 Å². The summed E-state index contributed by atoms with van der Waals surface area (Å²) in [5, 5.41) is 5.93. The highest BCUT2D eigenvalue weighted by Gasteiger charge is 2.32. The Morgan fingerprint density at radius 2 is 1.65 bits per heavy atom. The Morgan fingerprint density at radius 1 is 0.971 bits per heavy atom. The smallest absolute Gasteiger partial charge is 0.253 e. The van der Waals surface area contributed by atoms with E-state index in [-0.39, 0.29) is 29.3 Å². The second-order valence-corrected chi connectivity index (χ2v) is 9.96. The fourth-order valence-electron chi connectivity index (χ4n) is 3.55. The number of nitrogens with zero attached hydrogens (tertiary/aromatic N) is 1. The molecule has 0 aliphatic rings. The number of sulfonamides is 1. The van der Waals surface area contributed by atoms with E-state index in [1.165, 1.54) is 6.07 Å². The quantitative estimate of drug-likeness (QED) is 0.454. The second-order valence-electron chi connectivity index (χ2n) is 7.67. The van der Waals surface area contributed by atoms with Crippen molar-refractivity contribution in [2.75, 3.05) is 15.9 Å². The average Bonchev–Trinajstić information content (AvgIpc) is 2.81. The first-order valence-electron chi connectivity index (χ1n) is 10.7. The number of carbonyl (C=O) groups is 2. The van der Waals surface area contributed by atoms with Crippen LogP contribution in [0, 0.1) is 0 Å². The summed E-state index contributed by atoms with van der Waals surface area (Å²) in [7, 11) is -3.81. The number of anilines is 2. The van der Waals surface area contributed by atoms with Gasteiger partial charge in [-0.2, -0.15) is 0 Å². The molecule has 0 saturated carbocycles. The molecule has 34 heavy (non-hydrogen) atoms. The zero-order chi connectivity index (χ0) is 24.7. The first-order chi connectivity index (χ1) is 16.2. The van der Waals surface area contributed by atoms with Gasteiger partial charge in [0.2, 0.25) is 15.9 Å². The van der Waals surface area contributed by atoms with Gasteiger partial charge in [0.15, 0.2) is 0 Å². The maximum Gasteiger partial charge on any atom is 0.253 e. The van der Waals surface area contributed by atoms with Crippen LogP contribution in [-0.4, -0.2) is 32.5 Å². The van der Waals surface area contributed by atoms with Crippen LogP contribution in [0.25, 0.3) is 0 Å². The summed E-state index contributed by atoms with van der Waals surface area (Å²) in [6, 6.07) is 21.3. The van der Waals surface area contributed by atoms with E-state index in [4.69, 9.17) is 11.6 Å². The van der Waals surface area contributed by atoms with Gasteiger partial charge in [0.1, 0.15) is 6.04 Å². The normalized spacial score (nSPS) is 12.0. The summed E-state index contributed by atoms with van der Waals surface area (Å²) < 4.78 is 26.3. The molecule has 0 radical (unpaired) electrons. The number of hydrogen-bond donors (Lipinski definition) is 2. The number of carbonyl (C=O) groups excluding carboxylic acids is 2. The van der Waals surface area contributed by atoms with Crippen molar-refractivity contribution in [2.24, 2.45) is 0 Å². The minimum atomic E-state index is -3.81. The Bertz CT molecular complexity index is 1270.